The maximum atomic E-state index is 12.4. The molecule has 198 valence electrons. The number of anilines is 1. The summed E-state index contributed by atoms with van der Waals surface area (Å²) >= 11 is 0. The Morgan fingerprint density at radius 1 is 1.19 bits per heavy atom. The molecule has 0 spiro atoms. The molecule has 5 atom stereocenters. The zero-order chi connectivity index (χ0) is 26.4. The van der Waals surface area contributed by atoms with Gasteiger partial charge in [-0.05, 0) is 112 Å². The Labute approximate surface area is 216 Å². The third-order valence-corrected chi connectivity index (χ3v) is 9.10. The van der Waals surface area contributed by atoms with Crippen molar-refractivity contribution < 1.29 is 14.6 Å². The van der Waals surface area contributed by atoms with E-state index in [4.69, 9.17) is 10.2 Å². The third-order valence-electron chi connectivity index (χ3n) is 9.10. The number of aliphatic hydroxyl groups is 2. The summed E-state index contributed by atoms with van der Waals surface area (Å²) in [6, 6.07) is 4.21. The van der Waals surface area contributed by atoms with Crippen LogP contribution in [0.25, 0.3) is 11.1 Å². The highest BCUT2D eigenvalue weighted by atomic mass is 16.3. The number of hydrogen-bond donors (Lipinski definition) is 3. The van der Waals surface area contributed by atoms with E-state index in [1.807, 2.05) is 26.4 Å². The topological polar surface area (TPSA) is 86.1 Å². The van der Waals surface area contributed by atoms with E-state index in [9.17, 15) is 10.2 Å². The summed E-state index contributed by atoms with van der Waals surface area (Å²) in [5, 5.41) is 22.8. The molecule has 2 aliphatic carbocycles. The van der Waals surface area contributed by atoms with Gasteiger partial charge in [-0.15, -0.1) is 0 Å². The minimum atomic E-state index is -0.986. The maximum absolute atomic E-state index is 12.4. The van der Waals surface area contributed by atoms with Crippen LogP contribution in [0, 0.1) is 24.7 Å². The molecule has 2 aromatic rings. The highest BCUT2D eigenvalue weighted by molar-refractivity contribution is 5.76. The largest absolute Gasteiger partial charge is 0.472 e. The van der Waals surface area contributed by atoms with Crippen molar-refractivity contribution in [2.45, 2.75) is 58.1 Å². The monoisotopic (exact) mass is 495 g/mol. The molecule has 6 nitrogen and oxygen atoms in total. The van der Waals surface area contributed by atoms with Crippen LogP contribution < -0.4 is 10.6 Å². The maximum Gasteiger partial charge on any atom is 0.0981 e. The van der Waals surface area contributed by atoms with Crippen molar-refractivity contribution in [1.29, 1.82) is 0 Å². The van der Waals surface area contributed by atoms with Gasteiger partial charge in [-0.3, -0.25) is 0 Å². The lowest BCUT2D eigenvalue weighted by molar-refractivity contribution is -0.0633. The Bertz CT molecular complexity index is 1110. The number of allylic oxidation sites excluding steroid dienone is 1. The number of likely N-dealkylation sites (N-methyl/N-ethyl adjacent to an activating group) is 1. The summed E-state index contributed by atoms with van der Waals surface area (Å²) in [5.74, 6) is 0.482. The van der Waals surface area contributed by atoms with Crippen molar-refractivity contribution in [1.82, 2.24) is 4.90 Å². The lowest BCUT2D eigenvalue weighted by atomic mass is 9.59. The fraction of sp³-hybridized carbons (Fsp3) is 0.600. The van der Waals surface area contributed by atoms with E-state index in [0.29, 0.717) is 18.9 Å². The predicted octanol–water partition coefficient (Wildman–Crippen LogP) is 4.01. The summed E-state index contributed by atoms with van der Waals surface area (Å²) < 4.78 is 5.42. The molecule has 4 rings (SSSR count). The Balaban J connectivity index is 1.88. The van der Waals surface area contributed by atoms with Crippen LogP contribution in [-0.2, 0) is 12.8 Å². The number of rotatable bonds is 8. The standard InChI is InChI=1S/C30H45N3O3/c1-18(15-31)14-30(35)20(3)25-12-24-19(2)23(21-8-9-36-17-21)13-28(32(4)5)26(24)10-22(25)11-27(30)29(16-34)33(6)7/h8-9,13,17-18,22,27,29,34-35H,10-12,14-16,31H2,1-7H3/t18?,22-,27-,29+,30?/m0/s1. The SMILES string of the molecule is CC1=C2Cc3c(C)c(-c4ccoc4)cc(N(C)C)c3C[C@H]2C[C@@H]([C@@H](CO)N(C)C)C1(O)CC(C)CN. The van der Waals surface area contributed by atoms with Gasteiger partial charge in [0.25, 0.3) is 0 Å². The number of benzene rings is 1. The van der Waals surface area contributed by atoms with E-state index in [1.165, 1.54) is 33.5 Å². The van der Waals surface area contributed by atoms with Gasteiger partial charge in [0.2, 0.25) is 0 Å². The number of furan rings is 1. The normalized spacial score (nSPS) is 25.5. The first-order valence-electron chi connectivity index (χ1n) is 13.3. The Hall–Kier alpha value is -2.12. The quantitative estimate of drug-likeness (QED) is 0.480. The smallest absolute Gasteiger partial charge is 0.0981 e. The molecule has 2 unspecified atom stereocenters. The molecule has 0 aliphatic heterocycles. The van der Waals surface area contributed by atoms with Gasteiger partial charge >= 0.3 is 0 Å². The minimum Gasteiger partial charge on any atom is -0.472 e. The number of hydrogen-bond acceptors (Lipinski definition) is 6. The lowest BCUT2D eigenvalue weighted by Gasteiger charge is -2.51. The average molecular weight is 496 g/mol. The molecule has 0 saturated heterocycles. The Kier molecular flexibility index (Phi) is 7.73. The second-order valence-corrected chi connectivity index (χ2v) is 11.7. The van der Waals surface area contributed by atoms with Crippen LogP contribution in [-0.4, -0.2) is 68.1 Å². The molecule has 1 heterocycles. The van der Waals surface area contributed by atoms with Gasteiger partial charge in [-0.25, -0.2) is 0 Å². The van der Waals surface area contributed by atoms with Crippen molar-refractivity contribution in [3.05, 3.63) is 52.5 Å². The van der Waals surface area contributed by atoms with E-state index < -0.39 is 5.60 Å². The second-order valence-electron chi connectivity index (χ2n) is 11.7. The number of aliphatic hydroxyl groups excluding tert-OH is 1. The molecular formula is C30H45N3O3. The van der Waals surface area contributed by atoms with Crippen molar-refractivity contribution in [2.75, 3.05) is 46.2 Å². The fourth-order valence-electron chi connectivity index (χ4n) is 6.93. The zero-order valence-corrected chi connectivity index (χ0v) is 23.1. The molecule has 1 aromatic carbocycles. The lowest BCUT2D eigenvalue weighted by Crippen LogP contribution is -2.56. The molecule has 1 aromatic heterocycles. The van der Waals surface area contributed by atoms with Crippen molar-refractivity contribution >= 4 is 5.69 Å². The Morgan fingerprint density at radius 2 is 1.92 bits per heavy atom. The molecule has 0 saturated carbocycles. The van der Waals surface area contributed by atoms with Crippen LogP contribution in [0.2, 0.25) is 0 Å². The van der Waals surface area contributed by atoms with Gasteiger partial charge in [0.15, 0.2) is 0 Å². The van der Waals surface area contributed by atoms with E-state index in [0.717, 1.165) is 30.4 Å². The van der Waals surface area contributed by atoms with E-state index >= 15 is 0 Å². The molecule has 0 fully saturated rings. The van der Waals surface area contributed by atoms with Crippen molar-refractivity contribution in [3.8, 4) is 11.1 Å². The summed E-state index contributed by atoms with van der Waals surface area (Å²) in [7, 11) is 8.24. The average Bonchev–Trinajstić information content (AvgIpc) is 3.36. The number of nitrogens with zero attached hydrogens (tertiary/aromatic N) is 2. The summed E-state index contributed by atoms with van der Waals surface area (Å²) in [6.45, 7) is 7.03. The van der Waals surface area contributed by atoms with Crippen molar-refractivity contribution in [3.63, 3.8) is 0 Å². The molecule has 2 aliphatic rings. The zero-order valence-electron chi connectivity index (χ0n) is 23.1. The first kappa shape index (κ1) is 26.9. The van der Waals surface area contributed by atoms with Crippen LogP contribution in [0.3, 0.4) is 0 Å². The number of nitrogens with two attached hydrogens (primary N) is 1. The van der Waals surface area contributed by atoms with Crippen LogP contribution >= 0.6 is 0 Å². The van der Waals surface area contributed by atoms with Gasteiger partial charge in [-0.2, -0.15) is 0 Å². The van der Waals surface area contributed by atoms with Crippen LogP contribution in [0.5, 0.6) is 0 Å². The third kappa shape index (κ3) is 4.53. The van der Waals surface area contributed by atoms with E-state index in [1.54, 1.807) is 6.26 Å². The first-order valence-corrected chi connectivity index (χ1v) is 13.3. The van der Waals surface area contributed by atoms with Crippen LogP contribution in [0.1, 0.15) is 43.4 Å². The van der Waals surface area contributed by atoms with Gasteiger partial charge in [0.1, 0.15) is 0 Å². The van der Waals surface area contributed by atoms with Crippen LogP contribution in [0.4, 0.5) is 5.69 Å². The van der Waals surface area contributed by atoms with Gasteiger partial charge < -0.3 is 30.2 Å². The summed E-state index contributed by atoms with van der Waals surface area (Å²) in [5.41, 5.74) is 15.1. The Morgan fingerprint density at radius 3 is 2.47 bits per heavy atom. The molecule has 36 heavy (non-hydrogen) atoms. The van der Waals surface area contributed by atoms with E-state index in [-0.39, 0.29) is 24.5 Å². The molecular weight excluding hydrogens is 450 g/mol. The van der Waals surface area contributed by atoms with Gasteiger partial charge in [0, 0.05) is 37.3 Å². The highest BCUT2D eigenvalue weighted by Gasteiger charge is 2.50. The predicted molar refractivity (Wildman–Crippen MR) is 147 cm³/mol. The van der Waals surface area contributed by atoms with Gasteiger partial charge in [-0.1, -0.05) is 12.5 Å². The van der Waals surface area contributed by atoms with Crippen molar-refractivity contribution in [2.24, 2.45) is 23.5 Å². The van der Waals surface area contributed by atoms with Crippen LogP contribution in [0.15, 0.2) is 40.2 Å². The number of fused-ring (bicyclic) bond motifs is 2. The molecule has 0 bridgehead atoms. The minimum absolute atomic E-state index is 0.0268. The molecule has 4 N–H and O–H groups in total. The van der Waals surface area contributed by atoms with Gasteiger partial charge in [0.05, 0.1) is 24.7 Å². The molecule has 6 heteroatoms. The first-order chi connectivity index (χ1) is 17.0. The second kappa shape index (κ2) is 10.3. The molecule has 0 amide bonds. The fourth-order valence-corrected chi connectivity index (χ4v) is 6.93. The molecule has 0 radical (unpaired) electrons. The summed E-state index contributed by atoms with van der Waals surface area (Å²) in [4.78, 5) is 4.30. The van der Waals surface area contributed by atoms with E-state index in [2.05, 4.69) is 50.7 Å². The summed E-state index contributed by atoms with van der Waals surface area (Å²) in [6.07, 6.45) is 6.82. The highest BCUT2D eigenvalue weighted by Crippen LogP contribution is 2.52.